The van der Waals surface area contributed by atoms with Crippen LogP contribution in [0.2, 0.25) is 0 Å². The third kappa shape index (κ3) is 6.96. The van der Waals surface area contributed by atoms with Crippen molar-refractivity contribution in [3.8, 4) is 50.9 Å². The summed E-state index contributed by atoms with van der Waals surface area (Å²) >= 11 is -0.0787. The molecule has 0 bridgehead atoms. The van der Waals surface area contributed by atoms with E-state index < -0.39 is 60.4 Å². The van der Waals surface area contributed by atoms with Crippen molar-refractivity contribution in [1.29, 1.82) is 0 Å². The Balaban J connectivity index is 0.00000602. The van der Waals surface area contributed by atoms with E-state index in [2.05, 4.69) is 92.3 Å². The molecule has 316 valence electrons. The van der Waals surface area contributed by atoms with Crippen LogP contribution in [0.5, 0.6) is 11.5 Å². The number of para-hydroxylation sites is 4. The van der Waals surface area contributed by atoms with Crippen LogP contribution in [0.4, 0.5) is 0 Å². The molecular formula is C58H40N4OPtSe-2. The molecule has 65 heavy (non-hydrogen) atoms. The van der Waals surface area contributed by atoms with Crippen molar-refractivity contribution in [2.75, 3.05) is 0 Å². The predicted octanol–water partition coefficient (Wildman–Crippen LogP) is 13.6. The van der Waals surface area contributed by atoms with Gasteiger partial charge in [-0.15, -0.1) is 0 Å². The van der Waals surface area contributed by atoms with E-state index in [-0.39, 0.29) is 68.9 Å². The number of rotatable bonds is 7. The van der Waals surface area contributed by atoms with E-state index >= 15 is 0 Å². The molecule has 0 atom stereocenters. The molecule has 4 heterocycles. The standard InChI is InChI=1S/C58H40N4OSe.Pt/c1-58(2,3)40-32-33-59-53(34-40)62-47-28-12-10-24-45(47)54-50(62)36-51(55-46-25-11-15-31-52(46)64-57(54)55)63-42-23-16-22-41(35-42)60-37-61(49-30-14-13-29-48(49)60)56-43(38-18-6-4-7-19-38)26-17-27-44(56)39-20-8-5-9-21-39;/h4-34H,1-3H3;/q-2;/i4D,5D,6D,7D,8D,9D,18D,19D,20D,21D;. The van der Waals surface area contributed by atoms with Crippen LogP contribution in [0, 0.1) is 18.5 Å². The van der Waals surface area contributed by atoms with E-state index in [1.165, 1.54) is 8.52 Å². The zero-order chi connectivity index (χ0) is 51.6. The summed E-state index contributed by atoms with van der Waals surface area (Å²) < 4.78 is 102. The second kappa shape index (κ2) is 16.3. The zero-order valence-corrected chi connectivity index (χ0v) is 39.0. The fraction of sp³-hybridized carbons (Fsp3) is 0.0690. The molecule has 12 rings (SSSR count). The van der Waals surface area contributed by atoms with Gasteiger partial charge in [0, 0.05) is 21.1 Å². The van der Waals surface area contributed by atoms with Crippen LogP contribution in [-0.2, 0) is 26.5 Å². The van der Waals surface area contributed by atoms with Crippen molar-refractivity contribution in [1.82, 2.24) is 14.1 Å². The quantitative estimate of drug-likeness (QED) is 0.0906. The zero-order valence-electron chi connectivity index (χ0n) is 45.0. The maximum atomic E-state index is 9.07. The molecule has 4 aromatic heterocycles. The van der Waals surface area contributed by atoms with E-state index in [0.717, 1.165) is 44.0 Å². The molecule has 0 fully saturated rings. The number of benzene rings is 8. The minimum absolute atomic E-state index is 0. The molecular weight excluding hydrogens is 1040 g/mol. The summed E-state index contributed by atoms with van der Waals surface area (Å²) in [6.45, 7) is 6.56. The average molecular weight is 1090 g/mol. The second-order valence-electron chi connectivity index (χ2n) is 16.4. The fourth-order valence-electron chi connectivity index (χ4n) is 8.62. The predicted molar refractivity (Wildman–Crippen MR) is 261 cm³/mol. The van der Waals surface area contributed by atoms with Gasteiger partial charge >= 0.3 is 289 Å². The average Bonchev–Trinajstić information content (AvgIpc) is 4.09. The fourth-order valence-corrected chi connectivity index (χ4v) is 11.3. The summed E-state index contributed by atoms with van der Waals surface area (Å²) in [5.41, 5.74) is 4.71. The molecule has 7 heteroatoms. The molecule has 0 unspecified atom stereocenters. The molecule has 0 amide bonds. The van der Waals surface area contributed by atoms with Gasteiger partial charge in [-0.3, -0.25) is 0 Å². The topological polar surface area (TPSA) is 35.9 Å². The first-order valence-corrected chi connectivity index (χ1v) is 22.4. The third-order valence-corrected chi connectivity index (χ3v) is 14.1. The first-order chi connectivity index (χ1) is 35.5. The van der Waals surface area contributed by atoms with E-state index in [4.69, 9.17) is 23.4 Å². The molecule has 0 N–H and O–H groups in total. The van der Waals surface area contributed by atoms with Crippen LogP contribution in [0.3, 0.4) is 0 Å². The molecule has 0 aliphatic rings. The molecule has 0 saturated heterocycles. The molecule has 12 aromatic rings. The number of hydrogen-bond acceptors (Lipinski definition) is 2. The summed E-state index contributed by atoms with van der Waals surface area (Å²) in [4.78, 5) is 4.93. The van der Waals surface area contributed by atoms with Crippen molar-refractivity contribution < 1.29 is 44.1 Å². The number of ether oxygens (including phenoxy) is 1. The van der Waals surface area contributed by atoms with E-state index in [9.17, 15) is 0 Å². The largest absolute Gasteiger partial charge is 0.0629 e. The summed E-state index contributed by atoms with van der Waals surface area (Å²) in [7, 11) is 0. The Morgan fingerprint density at radius 2 is 1.34 bits per heavy atom. The van der Waals surface area contributed by atoms with Crippen LogP contribution in [0.25, 0.3) is 91.6 Å². The van der Waals surface area contributed by atoms with E-state index in [1.54, 1.807) is 27.3 Å². The first-order valence-electron chi connectivity index (χ1n) is 25.7. The van der Waals surface area contributed by atoms with Crippen LogP contribution in [0.15, 0.2) is 188 Å². The van der Waals surface area contributed by atoms with Gasteiger partial charge in [0.1, 0.15) is 0 Å². The number of aromatic nitrogens is 4. The molecule has 8 aromatic carbocycles. The molecule has 5 nitrogen and oxygen atoms in total. The third-order valence-electron chi connectivity index (χ3n) is 11.6. The molecule has 0 aliphatic heterocycles. The number of hydrogen-bond donors (Lipinski definition) is 0. The van der Waals surface area contributed by atoms with Crippen LogP contribution in [0.1, 0.15) is 40.0 Å². The maximum absolute atomic E-state index is 9.07. The number of pyridine rings is 1. The van der Waals surface area contributed by atoms with Gasteiger partial charge in [0.15, 0.2) is 0 Å². The summed E-state index contributed by atoms with van der Waals surface area (Å²) in [5, 5.41) is 4.24. The van der Waals surface area contributed by atoms with Crippen molar-refractivity contribution in [2.24, 2.45) is 0 Å². The smallest absolute Gasteiger partial charge is 0.0617 e. The Kier molecular flexibility index (Phi) is 7.81. The van der Waals surface area contributed by atoms with Gasteiger partial charge in [0.25, 0.3) is 0 Å². The minimum atomic E-state index is -0.571. The van der Waals surface area contributed by atoms with Crippen LogP contribution in [-0.4, -0.2) is 28.6 Å². The van der Waals surface area contributed by atoms with Gasteiger partial charge in [-0.25, -0.2) is 0 Å². The Labute approximate surface area is 411 Å². The second-order valence-corrected chi connectivity index (χ2v) is 18.7. The normalized spacial score (nSPS) is 14.0. The summed E-state index contributed by atoms with van der Waals surface area (Å²) in [5.74, 6) is 1.68. The van der Waals surface area contributed by atoms with Crippen LogP contribution < -0.4 is 9.30 Å². The number of imidazole rings is 1. The van der Waals surface area contributed by atoms with Crippen molar-refractivity contribution in [3.63, 3.8) is 0 Å². The maximum Gasteiger partial charge on any atom is 0.0629 e. The van der Waals surface area contributed by atoms with E-state index in [0.29, 0.717) is 28.2 Å². The first kappa shape index (κ1) is 31.1. The monoisotopic (exact) mass is 1090 g/mol. The summed E-state index contributed by atoms with van der Waals surface area (Å²) in [6, 6.07) is 40.7. The Morgan fingerprint density at radius 1 is 0.677 bits per heavy atom. The number of fused-ring (bicyclic) bond motifs is 8. The molecule has 0 saturated carbocycles. The number of nitrogens with zero attached hydrogens (tertiary/aromatic N) is 4. The van der Waals surface area contributed by atoms with Crippen molar-refractivity contribution in [3.05, 3.63) is 212 Å². The molecule has 0 radical (unpaired) electrons. The van der Waals surface area contributed by atoms with Gasteiger partial charge in [-0.05, 0) is 11.1 Å². The van der Waals surface area contributed by atoms with Gasteiger partial charge in [-0.1, -0.05) is 78.6 Å². The van der Waals surface area contributed by atoms with Crippen molar-refractivity contribution in [2.45, 2.75) is 26.2 Å². The van der Waals surface area contributed by atoms with Crippen LogP contribution >= 0.6 is 0 Å². The molecule has 0 aliphatic carbocycles. The van der Waals surface area contributed by atoms with E-state index in [1.807, 2.05) is 60.8 Å². The van der Waals surface area contributed by atoms with Gasteiger partial charge < -0.3 is 0 Å². The van der Waals surface area contributed by atoms with Gasteiger partial charge in [-0.2, -0.15) is 0 Å². The van der Waals surface area contributed by atoms with Gasteiger partial charge in [0.05, 0.1) is 13.7 Å². The van der Waals surface area contributed by atoms with Gasteiger partial charge in [0.2, 0.25) is 0 Å². The van der Waals surface area contributed by atoms with Crippen molar-refractivity contribution >= 4 is 66.6 Å². The minimum Gasteiger partial charge on any atom is -0.0617 e. The molecule has 0 spiro atoms. The SMILES string of the molecule is [2H]c1c([2H])c([2H])c(-c2cccc(-c3c([2H])c([2H])c([2H])c([2H])c3[2H])c2-[n+]2[c-]n(-c3[c-]c(Oc4[c-]c5c(c6ccccc6n5-c5cc(C(C)(C)C)ccn5)c5[se]c6ccccc6c45)ccc3)c3ccccc32)c([2H])c1[2H].[Pt]. The Hall–Kier alpha value is -6.81. The Bertz CT molecular complexity index is 4230. The Morgan fingerprint density at radius 3 is 2.08 bits per heavy atom. The summed E-state index contributed by atoms with van der Waals surface area (Å²) in [6.07, 6.45) is 5.31.